The third-order valence-electron chi connectivity index (χ3n) is 4.47. The minimum Gasteiger partial charge on any atom is -0.339 e. The normalized spacial score (nSPS) is 17.2. The molecule has 1 fully saturated rings. The minimum absolute atomic E-state index is 0.0292. The average molecular weight is 338 g/mol. The number of hydrogen-bond acceptors (Lipinski definition) is 6. The fourth-order valence-electron chi connectivity index (χ4n) is 3.13. The maximum atomic E-state index is 12.9. The summed E-state index contributed by atoms with van der Waals surface area (Å²) in [5, 5.41) is 8.16. The van der Waals surface area contributed by atoms with Crippen LogP contribution in [0.3, 0.4) is 0 Å². The Kier molecular flexibility index (Phi) is 3.79. The minimum atomic E-state index is -0.0292. The van der Waals surface area contributed by atoms with Crippen LogP contribution >= 0.6 is 0 Å². The Labute approximate surface area is 144 Å². The first-order valence-corrected chi connectivity index (χ1v) is 8.19. The van der Waals surface area contributed by atoms with Crippen molar-refractivity contribution < 1.29 is 9.32 Å². The molecule has 25 heavy (non-hydrogen) atoms. The Morgan fingerprint density at radius 2 is 2.20 bits per heavy atom. The summed E-state index contributed by atoms with van der Waals surface area (Å²) < 4.78 is 6.93. The van der Waals surface area contributed by atoms with Crippen LogP contribution in [0.15, 0.2) is 35.1 Å². The molecule has 8 nitrogen and oxygen atoms in total. The van der Waals surface area contributed by atoms with Crippen molar-refractivity contribution in [1.82, 2.24) is 29.8 Å². The lowest BCUT2D eigenvalue weighted by molar-refractivity contribution is 0.0789. The first kappa shape index (κ1) is 15.5. The number of likely N-dealkylation sites (tertiary alicyclic amines) is 1. The lowest BCUT2D eigenvalue weighted by atomic mass is 10.1. The number of amides is 1. The molecule has 1 aliphatic rings. The van der Waals surface area contributed by atoms with Crippen molar-refractivity contribution in [2.75, 3.05) is 13.1 Å². The second-order valence-electron chi connectivity index (χ2n) is 6.16. The third kappa shape index (κ3) is 2.79. The molecule has 3 aromatic rings. The number of pyridine rings is 1. The molecule has 0 unspecified atom stereocenters. The van der Waals surface area contributed by atoms with Gasteiger partial charge in [-0.05, 0) is 32.4 Å². The van der Waals surface area contributed by atoms with Crippen LogP contribution in [-0.4, -0.2) is 48.8 Å². The van der Waals surface area contributed by atoms with E-state index in [2.05, 4.69) is 20.2 Å². The maximum absolute atomic E-state index is 12.9. The number of carbonyl (C=O) groups excluding carboxylic acids is 1. The molecule has 1 saturated heterocycles. The van der Waals surface area contributed by atoms with Crippen LogP contribution in [0.25, 0.3) is 5.82 Å². The number of hydrogen-bond donors (Lipinski definition) is 0. The van der Waals surface area contributed by atoms with Gasteiger partial charge in [0.1, 0.15) is 0 Å². The lowest BCUT2D eigenvalue weighted by Gasteiger charge is -2.15. The van der Waals surface area contributed by atoms with Gasteiger partial charge in [-0.3, -0.25) is 4.79 Å². The maximum Gasteiger partial charge on any atom is 0.257 e. The van der Waals surface area contributed by atoms with Crippen molar-refractivity contribution in [3.8, 4) is 5.82 Å². The fraction of sp³-hybridized carbons (Fsp3) is 0.353. The molecule has 1 atom stereocenters. The molecule has 128 valence electrons. The zero-order chi connectivity index (χ0) is 17.4. The Hall–Kier alpha value is -3.03. The highest BCUT2D eigenvalue weighted by Gasteiger charge is 2.32. The molecule has 0 aliphatic carbocycles. The molecule has 0 radical (unpaired) electrons. The van der Waals surface area contributed by atoms with Gasteiger partial charge >= 0.3 is 0 Å². The highest BCUT2D eigenvalue weighted by atomic mass is 16.5. The van der Waals surface area contributed by atoms with Crippen molar-refractivity contribution in [3.63, 3.8) is 0 Å². The van der Waals surface area contributed by atoms with Gasteiger partial charge in [0.15, 0.2) is 11.6 Å². The van der Waals surface area contributed by atoms with Crippen LogP contribution in [-0.2, 0) is 0 Å². The fourth-order valence-corrected chi connectivity index (χ4v) is 3.13. The molecule has 1 amide bonds. The Bertz CT molecular complexity index is 901. The van der Waals surface area contributed by atoms with Gasteiger partial charge in [-0.25, -0.2) is 9.67 Å². The van der Waals surface area contributed by atoms with Crippen molar-refractivity contribution in [1.29, 1.82) is 0 Å². The van der Waals surface area contributed by atoms with Crippen LogP contribution in [0.1, 0.15) is 40.1 Å². The van der Waals surface area contributed by atoms with Crippen molar-refractivity contribution in [2.24, 2.45) is 0 Å². The molecule has 4 heterocycles. The molecule has 3 aromatic heterocycles. The van der Waals surface area contributed by atoms with Crippen LogP contribution < -0.4 is 0 Å². The van der Waals surface area contributed by atoms with E-state index < -0.39 is 0 Å². The number of aromatic nitrogens is 5. The van der Waals surface area contributed by atoms with Gasteiger partial charge in [-0.2, -0.15) is 10.1 Å². The molecular weight excluding hydrogens is 320 g/mol. The molecule has 0 aromatic carbocycles. The predicted octanol–water partition coefficient (Wildman–Crippen LogP) is 1.90. The molecule has 4 rings (SSSR count). The molecule has 0 spiro atoms. The van der Waals surface area contributed by atoms with Crippen LogP contribution in [0.4, 0.5) is 0 Å². The van der Waals surface area contributed by atoms with Gasteiger partial charge in [0.25, 0.3) is 5.91 Å². The highest BCUT2D eigenvalue weighted by Crippen LogP contribution is 2.27. The van der Waals surface area contributed by atoms with Crippen molar-refractivity contribution in [2.45, 2.75) is 26.2 Å². The third-order valence-corrected chi connectivity index (χ3v) is 4.47. The number of rotatable bonds is 3. The molecule has 0 bridgehead atoms. The topological polar surface area (TPSA) is 89.9 Å². The summed E-state index contributed by atoms with van der Waals surface area (Å²) in [5.74, 6) is 1.98. The van der Waals surface area contributed by atoms with E-state index in [1.54, 1.807) is 24.0 Å². The quantitative estimate of drug-likeness (QED) is 0.724. The largest absolute Gasteiger partial charge is 0.339 e. The summed E-state index contributed by atoms with van der Waals surface area (Å²) in [5.41, 5.74) is 1.37. The Morgan fingerprint density at radius 1 is 1.32 bits per heavy atom. The van der Waals surface area contributed by atoms with Gasteiger partial charge in [0.2, 0.25) is 5.89 Å². The van der Waals surface area contributed by atoms with E-state index in [4.69, 9.17) is 4.52 Å². The predicted molar refractivity (Wildman–Crippen MR) is 88.4 cm³/mol. The smallest absolute Gasteiger partial charge is 0.257 e. The second-order valence-corrected chi connectivity index (χ2v) is 6.16. The molecule has 0 N–H and O–H groups in total. The molecule has 1 aliphatic heterocycles. The number of carbonyl (C=O) groups is 1. The standard InChI is InChI=1S/C17H18N6O2/c1-11-14(9-19-23(11)15-5-3-4-7-18-15)17(24)22-8-6-13(10-22)16-20-12(2)21-25-16/h3-5,7,9,13H,6,8,10H2,1-2H3/t13-/m1/s1. The summed E-state index contributed by atoms with van der Waals surface area (Å²) in [4.78, 5) is 23.3. The van der Waals surface area contributed by atoms with Crippen molar-refractivity contribution >= 4 is 5.91 Å². The van der Waals surface area contributed by atoms with Gasteiger partial charge in [0.05, 0.1) is 23.4 Å². The van der Waals surface area contributed by atoms with E-state index in [1.165, 1.54) is 0 Å². The summed E-state index contributed by atoms with van der Waals surface area (Å²) in [6.07, 6.45) is 4.13. The van der Waals surface area contributed by atoms with Gasteiger partial charge < -0.3 is 9.42 Å². The summed E-state index contributed by atoms with van der Waals surface area (Å²) >= 11 is 0. The first-order chi connectivity index (χ1) is 12.1. The Balaban J connectivity index is 1.53. The van der Waals surface area contributed by atoms with E-state index >= 15 is 0 Å². The molecular formula is C17H18N6O2. The lowest BCUT2D eigenvalue weighted by Crippen LogP contribution is -2.28. The molecule has 8 heteroatoms. The molecule has 0 saturated carbocycles. The van der Waals surface area contributed by atoms with Crippen LogP contribution in [0.5, 0.6) is 0 Å². The number of nitrogens with zero attached hydrogens (tertiary/aromatic N) is 6. The van der Waals surface area contributed by atoms with Crippen LogP contribution in [0, 0.1) is 13.8 Å². The average Bonchev–Trinajstić information content (AvgIpc) is 3.34. The van der Waals surface area contributed by atoms with Crippen LogP contribution in [0.2, 0.25) is 0 Å². The Morgan fingerprint density at radius 3 is 2.92 bits per heavy atom. The highest BCUT2D eigenvalue weighted by molar-refractivity contribution is 5.95. The van der Waals surface area contributed by atoms with E-state index in [0.29, 0.717) is 36.2 Å². The first-order valence-electron chi connectivity index (χ1n) is 8.19. The van der Waals surface area contributed by atoms with E-state index in [-0.39, 0.29) is 11.8 Å². The van der Waals surface area contributed by atoms with Crippen molar-refractivity contribution in [3.05, 3.63) is 53.6 Å². The van der Waals surface area contributed by atoms with Gasteiger partial charge in [-0.1, -0.05) is 11.2 Å². The zero-order valence-electron chi connectivity index (χ0n) is 14.1. The number of aryl methyl sites for hydroxylation is 1. The summed E-state index contributed by atoms with van der Waals surface area (Å²) in [6, 6.07) is 5.60. The summed E-state index contributed by atoms with van der Waals surface area (Å²) in [7, 11) is 0. The monoisotopic (exact) mass is 338 g/mol. The SMILES string of the molecule is Cc1noc([C@@H]2CCN(C(=O)c3cnn(-c4ccccn4)c3C)C2)n1. The van der Waals surface area contributed by atoms with Gasteiger partial charge in [0, 0.05) is 19.3 Å². The van der Waals surface area contributed by atoms with Gasteiger partial charge in [-0.15, -0.1) is 0 Å². The van der Waals surface area contributed by atoms with E-state index in [1.807, 2.05) is 30.0 Å². The second kappa shape index (κ2) is 6.12. The van der Waals surface area contributed by atoms with E-state index in [9.17, 15) is 4.79 Å². The summed E-state index contributed by atoms with van der Waals surface area (Å²) in [6.45, 7) is 4.91. The zero-order valence-corrected chi connectivity index (χ0v) is 14.1. The van der Waals surface area contributed by atoms with E-state index in [0.717, 1.165) is 12.1 Å².